The van der Waals surface area contributed by atoms with Gasteiger partial charge in [-0.1, -0.05) is 12.1 Å². The zero-order valence-electron chi connectivity index (χ0n) is 13.4. The molecule has 1 aromatic rings. The second-order valence-electron chi connectivity index (χ2n) is 6.68. The van der Waals surface area contributed by atoms with Crippen LogP contribution in [0.3, 0.4) is 0 Å². The van der Waals surface area contributed by atoms with Gasteiger partial charge in [0.25, 0.3) is 0 Å². The highest BCUT2D eigenvalue weighted by Crippen LogP contribution is 2.65. The van der Waals surface area contributed by atoms with Crippen molar-refractivity contribution < 1.29 is 22.7 Å². The topological polar surface area (TPSA) is 74.1 Å². The zero-order chi connectivity index (χ0) is 18.1. The van der Waals surface area contributed by atoms with E-state index in [1.165, 1.54) is 0 Å². The van der Waals surface area contributed by atoms with E-state index in [1.54, 1.807) is 24.3 Å². The van der Waals surface area contributed by atoms with Gasteiger partial charge in [0, 0.05) is 12.6 Å². The fraction of sp³-hybridized carbons (Fsp3) is 0.529. The van der Waals surface area contributed by atoms with Crippen molar-refractivity contribution in [2.45, 2.75) is 38.0 Å². The molecule has 2 bridgehead atoms. The Kier molecular flexibility index (Phi) is 4.50. The quantitative estimate of drug-likeness (QED) is 0.854. The Morgan fingerprint density at radius 3 is 2.76 bits per heavy atom. The van der Waals surface area contributed by atoms with Crippen LogP contribution in [0.25, 0.3) is 0 Å². The number of carbonyl (C=O) groups excluding carboxylic acids is 1. The minimum atomic E-state index is -4.19. The summed E-state index contributed by atoms with van der Waals surface area (Å²) in [6, 6.07) is 7.88. The second-order valence-corrected chi connectivity index (χ2v) is 6.68. The lowest BCUT2D eigenvalue weighted by molar-refractivity contribution is -0.244. The molecule has 25 heavy (non-hydrogen) atoms. The molecule has 2 amide bonds. The van der Waals surface area contributed by atoms with Crippen LogP contribution in [0.4, 0.5) is 18.0 Å². The number of alkyl halides is 3. The van der Waals surface area contributed by atoms with Crippen LogP contribution < -0.4 is 15.4 Å². The summed E-state index contributed by atoms with van der Waals surface area (Å²) in [6.07, 6.45) is -4.01. The Morgan fingerprint density at radius 2 is 2.12 bits per heavy atom. The van der Waals surface area contributed by atoms with Gasteiger partial charge in [-0.2, -0.15) is 18.4 Å². The predicted octanol–water partition coefficient (Wildman–Crippen LogP) is 3.12. The molecule has 3 saturated carbocycles. The first-order chi connectivity index (χ1) is 11.8. The number of rotatable bonds is 5. The van der Waals surface area contributed by atoms with Crippen molar-refractivity contribution in [3.8, 4) is 11.8 Å². The van der Waals surface area contributed by atoms with E-state index in [-0.39, 0.29) is 38.3 Å². The number of nitrogens with zero attached hydrogens (tertiary/aromatic N) is 1. The lowest BCUT2D eigenvalue weighted by Gasteiger charge is -2.39. The first kappa shape index (κ1) is 17.4. The largest absolute Gasteiger partial charge is 0.479 e. The molecule has 0 saturated heterocycles. The first-order valence-electron chi connectivity index (χ1n) is 8.03. The number of benzene rings is 1. The highest BCUT2D eigenvalue weighted by Gasteiger charge is 2.68. The summed E-state index contributed by atoms with van der Waals surface area (Å²) in [7, 11) is 0. The smallest absolute Gasteiger partial charge is 0.394 e. The molecule has 8 heteroatoms. The minimum Gasteiger partial charge on any atom is -0.479 e. The van der Waals surface area contributed by atoms with Gasteiger partial charge in [0.05, 0.1) is 5.41 Å². The minimum absolute atomic E-state index is 0.0356. The van der Waals surface area contributed by atoms with Crippen LogP contribution in [0.15, 0.2) is 24.3 Å². The maximum atomic E-state index is 13.0. The number of urea groups is 1. The van der Waals surface area contributed by atoms with Gasteiger partial charge >= 0.3 is 12.2 Å². The van der Waals surface area contributed by atoms with E-state index in [0.29, 0.717) is 5.75 Å². The van der Waals surface area contributed by atoms with Crippen LogP contribution in [0.2, 0.25) is 0 Å². The maximum absolute atomic E-state index is 13.0. The van der Waals surface area contributed by atoms with Crippen LogP contribution in [-0.4, -0.2) is 24.9 Å². The van der Waals surface area contributed by atoms with E-state index in [0.717, 1.165) is 5.56 Å². The second kappa shape index (κ2) is 6.47. The summed E-state index contributed by atoms with van der Waals surface area (Å²) in [5.41, 5.74) is -0.824. The lowest BCUT2D eigenvalue weighted by atomic mass is 9.69. The molecule has 0 spiro atoms. The van der Waals surface area contributed by atoms with Crippen LogP contribution >= 0.6 is 0 Å². The number of fused-ring (bicyclic) bond motifs is 1. The van der Waals surface area contributed by atoms with Crippen LogP contribution in [0.1, 0.15) is 24.8 Å². The number of nitriles is 1. The van der Waals surface area contributed by atoms with E-state index in [2.05, 4.69) is 10.6 Å². The number of amides is 2. The number of hydrogen-bond donors (Lipinski definition) is 2. The van der Waals surface area contributed by atoms with Crippen molar-refractivity contribution >= 4 is 6.03 Å². The maximum Gasteiger partial charge on any atom is 0.394 e. The lowest BCUT2D eigenvalue weighted by Crippen LogP contribution is -2.44. The fourth-order valence-corrected chi connectivity index (χ4v) is 3.76. The van der Waals surface area contributed by atoms with Crippen molar-refractivity contribution in [1.29, 1.82) is 5.26 Å². The summed E-state index contributed by atoms with van der Waals surface area (Å²) in [4.78, 5) is 12.0. The summed E-state index contributed by atoms with van der Waals surface area (Å²) >= 11 is 0. The van der Waals surface area contributed by atoms with Crippen LogP contribution in [0.5, 0.6) is 5.75 Å². The zero-order valence-corrected chi connectivity index (χ0v) is 13.4. The normalized spacial score (nSPS) is 27.1. The Hall–Kier alpha value is -2.43. The fourth-order valence-electron chi connectivity index (χ4n) is 3.76. The first-order valence-corrected chi connectivity index (χ1v) is 8.03. The Balaban J connectivity index is 1.48. The summed E-state index contributed by atoms with van der Waals surface area (Å²) < 4.78 is 44.3. The van der Waals surface area contributed by atoms with Gasteiger partial charge in [0.2, 0.25) is 0 Å². The van der Waals surface area contributed by atoms with Gasteiger partial charge in [-0.25, -0.2) is 4.79 Å². The molecule has 3 fully saturated rings. The Morgan fingerprint density at radius 1 is 1.36 bits per heavy atom. The number of nitrogens with one attached hydrogen (secondary N) is 2. The number of carbonyl (C=O) groups is 1. The van der Waals surface area contributed by atoms with Crippen molar-refractivity contribution in [1.82, 2.24) is 10.6 Å². The molecule has 3 aliphatic carbocycles. The SMILES string of the molecule is N#CCOc1cccc(CNC(=O)NC2CC3(C(F)(F)F)CC2C3)c1. The highest BCUT2D eigenvalue weighted by atomic mass is 19.4. The Bertz CT molecular complexity index is 693. The van der Waals surface area contributed by atoms with Crippen molar-refractivity contribution in [2.24, 2.45) is 11.3 Å². The molecule has 0 radical (unpaired) electrons. The molecular formula is C17H18F3N3O2. The molecule has 1 aromatic carbocycles. The number of halogens is 3. The number of hydrogen-bond acceptors (Lipinski definition) is 3. The van der Waals surface area contributed by atoms with E-state index >= 15 is 0 Å². The van der Waals surface area contributed by atoms with Gasteiger partial charge in [-0.05, 0) is 42.9 Å². The molecule has 3 aliphatic rings. The number of ether oxygens (including phenoxy) is 1. The van der Waals surface area contributed by atoms with E-state index in [4.69, 9.17) is 10.00 Å². The van der Waals surface area contributed by atoms with Crippen LogP contribution in [0, 0.1) is 22.7 Å². The predicted molar refractivity (Wildman–Crippen MR) is 82.5 cm³/mol. The molecule has 4 rings (SSSR count). The molecule has 0 aromatic heterocycles. The van der Waals surface area contributed by atoms with Crippen molar-refractivity contribution in [3.63, 3.8) is 0 Å². The van der Waals surface area contributed by atoms with Gasteiger partial charge < -0.3 is 15.4 Å². The summed E-state index contributed by atoms with van der Waals surface area (Å²) in [5, 5.41) is 13.8. The Labute approximate surface area is 143 Å². The van der Waals surface area contributed by atoms with E-state index in [9.17, 15) is 18.0 Å². The molecule has 5 nitrogen and oxygen atoms in total. The van der Waals surface area contributed by atoms with Crippen LogP contribution in [-0.2, 0) is 6.54 Å². The standard InChI is InChI=1S/C17H18F3N3O2/c18-17(19,20)16-7-12(8-16)14(9-16)23-15(24)22-10-11-2-1-3-13(6-11)25-5-4-21/h1-3,6,12,14H,5,7-10H2,(H2,22,23,24). The van der Waals surface area contributed by atoms with Gasteiger partial charge in [0.15, 0.2) is 6.61 Å². The van der Waals surface area contributed by atoms with Crippen molar-refractivity contribution in [3.05, 3.63) is 29.8 Å². The molecule has 1 atom stereocenters. The third-order valence-corrected chi connectivity index (χ3v) is 5.06. The third kappa shape index (κ3) is 3.50. The van der Waals surface area contributed by atoms with Gasteiger partial charge in [-0.3, -0.25) is 0 Å². The monoisotopic (exact) mass is 353 g/mol. The average molecular weight is 353 g/mol. The molecule has 1 unspecified atom stereocenters. The molecule has 134 valence electrons. The molecule has 0 heterocycles. The average Bonchev–Trinajstić information content (AvgIpc) is 3.06. The van der Waals surface area contributed by atoms with E-state index < -0.39 is 23.7 Å². The summed E-state index contributed by atoms with van der Waals surface area (Å²) in [5.74, 6) is 0.431. The van der Waals surface area contributed by atoms with E-state index in [1.807, 2.05) is 6.07 Å². The van der Waals surface area contributed by atoms with Gasteiger partial charge in [0.1, 0.15) is 11.8 Å². The molecular weight excluding hydrogens is 335 g/mol. The molecule has 0 aliphatic heterocycles. The third-order valence-electron chi connectivity index (χ3n) is 5.06. The highest BCUT2D eigenvalue weighted by molar-refractivity contribution is 5.74. The van der Waals surface area contributed by atoms with Gasteiger partial charge in [-0.15, -0.1) is 0 Å². The van der Waals surface area contributed by atoms with Crippen molar-refractivity contribution in [2.75, 3.05) is 6.61 Å². The summed E-state index contributed by atoms with van der Waals surface area (Å²) in [6.45, 7) is 0.152. The molecule has 2 N–H and O–H groups in total.